The van der Waals surface area contributed by atoms with Crippen LogP contribution in [-0.2, 0) is 5.41 Å². The maximum Gasteiger partial charge on any atom is 0.460 e. The molecule has 1 aliphatic rings. The molecule has 0 saturated carbocycles. The predicted octanol–water partition coefficient (Wildman–Crippen LogP) is 4.00. The average molecular weight is 274 g/mol. The molecule has 1 N–H and O–H groups in total. The van der Waals surface area contributed by atoms with Crippen molar-refractivity contribution in [2.24, 2.45) is 0 Å². The molecule has 1 heterocycles. The maximum atomic E-state index is 9.90. The summed E-state index contributed by atoms with van der Waals surface area (Å²) in [7, 11) is -1.95. The molecular weight excluding hydrogens is 259 g/mol. The molecular formula is C15H15O3P. The van der Waals surface area contributed by atoms with Gasteiger partial charge >= 0.3 is 8.60 Å². The van der Waals surface area contributed by atoms with E-state index in [1.807, 2.05) is 48.5 Å². The summed E-state index contributed by atoms with van der Waals surface area (Å²) in [5, 5.41) is 0. The van der Waals surface area contributed by atoms with Crippen molar-refractivity contribution in [2.75, 3.05) is 0 Å². The first-order valence-electron chi connectivity index (χ1n) is 6.13. The smallest absolute Gasteiger partial charge is 0.418 e. The minimum Gasteiger partial charge on any atom is -0.418 e. The van der Waals surface area contributed by atoms with E-state index < -0.39 is 8.60 Å². The van der Waals surface area contributed by atoms with Gasteiger partial charge < -0.3 is 13.9 Å². The van der Waals surface area contributed by atoms with E-state index in [0.29, 0.717) is 11.5 Å². The van der Waals surface area contributed by atoms with Crippen LogP contribution in [0.2, 0.25) is 0 Å². The molecule has 0 atom stereocenters. The van der Waals surface area contributed by atoms with Crippen LogP contribution in [0, 0.1) is 0 Å². The Morgan fingerprint density at radius 3 is 1.74 bits per heavy atom. The minimum atomic E-state index is -1.95. The van der Waals surface area contributed by atoms with E-state index in [4.69, 9.17) is 9.05 Å². The molecule has 0 radical (unpaired) electrons. The highest BCUT2D eigenvalue weighted by Gasteiger charge is 2.33. The van der Waals surface area contributed by atoms with Crippen LogP contribution in [0.15, 0.2) is 48.5 Å². The number of para-hydroxylation sites is 2. The first-order chi connectivity index (χ1) is 9.09. The molecule has 0 spiro atoms. The van der Waals surface area contributed by atoms with Crippen LogP contribution in [0.5, 0.6) is 11.5 Å². The second kappa shape index (κ2) is 4.52. The molecule has 98 valence electrons. The summed E-state index contributed by atoms with van der Waals surface area (Å²) >= 11 is 0. The van der Waals surface area contributed by atoms with Crippen molar-refractivity contribution in [3.8, 4) is 11.5 Å². The SMILES string of the molecule is CC1(C)c2ccccc2OP(O)Oc2ccccc21. The molecule has 19 heavy (non-hydrogen) atoms. The lowest BCUT2D eigenvalue weighted by Gasteiger charge is -2.32. The molecule has 4 heteroatoms. The van der Waals surface area contributed by atoms with E-state index in [-0.39, 0.29) is 5.41 Å². The third kappa shape index (κ3) is 2.09. The van der Waals surface area contributed by atoms with Crippen molar-refractivity contribution in [3.05, 3.63) is 59.7 Å². The van der Waals surface area contributed by atoms with E-state index in [2.05, 4.69) is 13.8 Å². The molecule has 1 aliphatic heterocycles. The lowest BCUT2D eigenvalue weighted by Crippen LogP contribution is -2.22. The Morgan fingerprint density at radius 1 is 0.842 bits per heavy atom. The molecule has 0 bridgehead atoms. The van der Waals surface area contributed by atoms with Gasteiger partial charge in [-0.05, 0) is 12.1 Å². The van der Waals surface area contributed by atoms with Crippen molar-refractivity contribution >= 4 is 8.60 Å². The number of rotatable bonds is 0. The Morgan fingerprint density at radius 2 is 1.26 bits per heavy atom. The van der Waals surface area contributed by atoms with Gasteiger partial charge in [0.25, 0.3) is 0 Å². The number of hydrogen-bond acceptors (Lipinski definition) is 3. The highest BCUT2D eigenvalue weighted by atomic mass is 31.2. The standard InChI is InChI=1S/C15H15O3P/c1-15(2)11-7-3-5-9-13(11)17-19(16)18-14-10-6-4-8-12(14)15/h3-10,16H,1-2H3. The number of benzene rings is 2. The van der Waals surface area contributed by atoms with E-state index in [9.17, 15) is 4.89 Å². The van der Waals surface area contributed by atoms with Gasteiger partial charge in [0.1, 0.15) is 11.5 Å². The molecule has 0 aliphatic carbocycles. The third-order valence-electron chi connectivity index (χ3n) is 3.47. The fourth-order valence-corrected chi connectivity index (χ4v) is 3.15. The fourth-order valence-electron chi connectivity index (χ4n) is 2.46. The van der Waals surface area contributed by atoms with Crippen molar-refractivity contribution in [3.63, 3.8) is 0 Å². The summed E-state index contributed by atoms with van der Waals surface area (Å²) in [6.07, 6.45) is 0. The highest BCUT2D eigenvalue weighted by molar-refractivity contribution is 7.41. The van der Waals surface area contributed by atoms with Crippen molar-refractivity contribution in [2.45, 2.75) is 19.3 Å². The fraction of sp³-hybridized carbons (Fsp3) is 0.200. The van der Waals surface area contributed by atoms with Crippen molar-refractivity contribution in [1.29, 1.82) is 0 Å². The van der Waals surface area contributed by atoms with Gasteiger partial charge in [-0.1, -0.05) is 50.2 Å². The Kier molecular flexibility index (Phi) is 2.96. The molecule has 0 fully saturated rings. The number of hydrogen-bond donors (Lipinski definition) is 1. The zero-order chi connectivity index (χ0) is 13.5. The summed E-state index contributed by atoms with van der Waals surface area (Å²) in [6, 6.07) is 15.5. The first kappa shape index (κ1) is 12.5. The van der Waals surface area contributed by atoms with Gasteiger partial charge in [0.05, 0.1) is 0 Å². The molecule has 0 unspecified atom stereocenters. The largest absolute Gasteiger partial charge is 0.460 e. The quantitative estimate of drug-likeness (QED) is 0.738. The molecule has 3 nitrogen and oxygen atoms in total. The minimum absolute atomic E-state index is 0.246. The van der Waals surface area contributed by atoms with Crippen LogP contribution in [0.25, 0.3) is 0 Å². The lowest BCUT2D eigenvalue weighted by atomic mass is 9.77. The summed E-state index contributed by atoms with van der Waals surface area (Å²) in [4.78, 5) is 9.90. The molecule has 0 saturated heterocycles. The Labute approximate surface area is 113 Å². The average Bonchev–Trinajstić information content (AvgIpc) is 2.38. The zero-order valence-electron chi connectivity index (χ0n) is 10.8. The van der Waals surface area contributed by atoms with E-state index in [1.54, 1.807) is 0 Å². The summed E-state index contributed by atoms with van der Waals surface area (Å²) in [6.45, 7) is 4.25. The molecule has 2 aromatic carbocycles. The Bertz CT molecular complexity index is 558. The topological polar surface area (TPSA) is 38.7 Å². The summed E-state index contributed by atoms with van der Waals surface area (Å²) in [5.41, 5.74) is 1.85. The van der Waals surface area contributed by atoms with Crippen LogP contribution in [0.3, 0.4) is 0 Å². The van der Waals surface area contributed by atoms with Crippen LogP contribution in [0.1, 0.15) is 25.0 Å². The van der Waals surface area contributed by atoms with Gasteiger partial charge in [0.2, 0.25) is 0 Å². The van der Waals surface area contributed by atoms with Gasteiger partial charge in [-0.15, -0.1) is 0 Å². The van der Waals surface area contributed by atoms with Gasteiger partial charge in [-0.25, -0.2) is 0 Å². The Hall–Kier alpha value is -1.57. The third-order valence-corrected chi connectivity index (χ3v) is 4.18. The van der Waals surface area contributed by atoms with Crippen LogP contribution >= 0.6 is 8.60 Å². The number of fused-ring (bicyclic) bond motifs is 2. The maximum absolute atomic E-state index is 9.90. The highest BCUT2D eigenvalue weighted by Crippen LogP contribution is 2.49. The van der Waals surface area contributed by atoms with E-state index >= 15 is 0 Å². The molecule has 2 aromatic rings. The summed E-state index contributed by atoms with van der Waals surface area (Å²) < 4.78 is 11.1. The van der Waals surface area contributed by atoms with Crippen LogP contribution in [-0.4, -0.2) is 4.89 Å². The Balaban J connectivity index is 2.25. The normalized spacial score (nSPS) is 17.2. The zero-order valence-corrected chi connectivity index (χ0v) is 11.7. The van der Waals surface area contributed by atoms with Gasteiger partial charge in [-0.2, -0.15) is 0 Å². The summed E-state index contributed by atoms with van der Waals surface area (Å²) in [5.74, 6) is 1.35. The van der Waals surface area contributed by atoms with Crippen LogP contribution < -0.4 is 9.05 Å². The second-order valence-corrected chi connectivity index (χ2v) is 5.88. The van der Waals surface area contributed by atoms with E-state index in [0.717, 1.165) is 11.1 Å². The van der Waals surface area contributed by atoms with E-state index in [1.165, 1.54) is 0 Å². The first-order valence-corrected chi connectivity index (χ1v) is 7.26. The van der Waals surface area contributed by atoms with Crippen molar-refractivity contribution < 1.29 is 13.9 Å². The van der Waals surface area contributed by atoms with Gasteiger partial charge in [0.15, 0.2) is 0 Å². The lowest BCUT2D eigenvalue weighted by molar-refractivity contribution is 0.364. The van der Waals surface area contributed by atoms with Crippen LogP contribution in [0.4, 0.5) is 0 Å². The molecule has 0 aromatic heterocycles. The predicted molar refractivity (Wildman–Crippen MR) is 75.4 cm³/mol. The van der Waals surface area contributed by atoms with Gasteiger partial charge in [-0.3, -0.25) is 0 Å². The van der Waals surface area contributed by atoms with Crippen molar-refractivity contribution in [1.82, 2.24) is 0 Å². The second-order valence-electron chi connectivity index (χ2n) is 5.04. The monoisotopic (exact) mass is 274 g/mol. The molecule has 0 amide bonds. The van der Waals surface area contributed by atoms with Gasteiger partial charge in [0, 0.05) is 16.5 Å². The molecule has 3 rings (SSSR count).